The Bertz CT molecular complexity index is 1900. The van der Waals surface area contributed by atoms with E-state index in [0.29, 0.717) is 59.7 Å². The van der Waals surface area contributed by atoms with Crippen molar-refractivity contribution in [3.05, 3.63) is 40.1 Å². The quantitative estimate of drug-likeness (QED) is 0.278. The number of pyridine rings is 2. The van der Waals surface area contributed by atoms with E-state index in [2.05, 4.69) is 44.4 Å². The highest BCUT2D eigenvalue weighted by atomic mass is 35.5. The molecule has 3 fully saturated rings. The first-order valence-electron chi connectivity index (χ1n) is 16.4. The van der Waals surface area contributed by atoms with Crippen molar-refractivity contribution in [2.75, 3.05) is 31.2 Å². The van der Waals surface area contributed by atoms with Crippen molar-refractivity contribution in [2.24, 2.45) is 17.3 Å². The number of aromatic nitrogens is 6. The van der Waals surface area contributed by atoms with Gasteiger partial charge < -0.3 is 19.1 Å². The molecule has 1 saturated carbocycles. The summed E-state index contributed by atoms with van der Waals surface area (Å²) in [5, 5.41) is 4.37. The molecule has 1 aliphatic carbocycles. The van der Waals surface area contributed by atoms with E-state index in [1.54, 1.807) is 12.4 Å². The second kappa shape index (κ2) is 12.4. The lowest BCUT2D eigenvalue weighted by molar-refractivity contribution is -0.169. The highest BCUT2D eigenvalue weighted by Crippen LogP contribution is 2.39. The molecule has 0 spiro atoms. The zero-order valence-corrected chi connectivity index (χ0v) is 27.7. The smallest absolute Gasteiger partial charge is 0.379 e. The molecule has 13 heteroatoms. The number of imidazole rings is 1. The summed E-state index contributed by atoms with van der Waals surface area (Å²) in [6.07, 6.45) is 15.4. The molecule has 1 amide bonds. The second-order valence-corrected chi connectivity index (χ2v) is 14.0. The van der Waals surface area contributed by atoms with Crippen molar-refractivity contribution in [3.63, 3.8) is 0 Å². The summed E-state index contributed by atoms with van der Waals surface area (Å²) in [7, 11) is 0. The summed E-state index contributed by atoms with van der Waals surface area (Å²) in [4.78, 5) is 46.7. The third-order valence-electron chi connectivity index (χ3n) is 10.1. The van der Waals surface area contributed by atoms with Crippen molar-refractivity contribution >= 4 is 34.5 Å². The molecular weight excluding hydrogens is 620 g/mol. The van der Waals surface area contributed by atoms with E-state index in [9.17, 15) is 9.59 Å². The van der Waals surface area contributed by atoms with Crippen molar-refractivity contribution in [3.8, 4) is 35.1 Å². The predicted octanol–water partition coefficient (Wildman–Crippen LogP) is 4.78. The topological polar surface area (TPSA) is 135 Å². The Labute approximate surface area is 277 Å². The van der Waals surface area contributed by atoms with Gasteiger partial charge in [-0.15, -0.1) is 6.42 Å². The normalized spacial score (nSPS) is 24.2. The van der Waals surface area contributed by atoms with Gasteiger partial charge in [0.25, 0.3) is 0 Å². The monoisotopic (exact) mass is 658 g/mol. The van der Waals surface area contributed by atoms with Gasteiger partial charge in [0.2, 0.25) is 17.7 Å². The van der Waals surface area contributed by atoms with Crippen LogP contribution in [0.5, 0.6) is 0 Å². The summed E-state index contributed by atoms with van der Waals surface area (Å²) >= 11 is 6.44. The molecule has 12 nitrogen and oxygen atoms in total. The van der Waals surface area contributed by atoms with Crippen LogP contribution in [0.3, 0.4) is 0 Å². The average molecular weight is 659 g/mol. The fraction of sp³-hybridized carbons (Fsp3) is 0.529. The maximum absolute atomic E-state index is 13.6. The van der Waals surface area contributed by atoms with E-state index in [-0.39, 0.29) is 17.8 Å². The number of ether oxygens (including phenoxy) is 1. The lowest BCUT2D eigenvalue weighted by Crippen LogP contribution is -2.63. The van der Waals surface area contributed by atoms with Gasteiger partial charge in [-0.3, -0.25) is 19.3 Å². The number of terminal acetylenes is 1. The zero-order chi connectivity index (χ0) is 32.9. The second-order valence-electron chi connectivity index (χ2n) is 13.6. The molecule has 0 bridgehead atoms. The Morgan fingerprint density at radius 3 is 2.55 bits per heavy atom. The van der Waals surface area contributed by atoms with Gasteiger partial charge in [-0.25, -0.2) is 14.8 Å². The Morgan fingerprint density at radius 1 is 1.15 bits per heavy atom. The number of carbonyl (C=O) groups is 1. The number of H-pyrrole nitrogens is 1. The predicted molar refractivity (Wildman–Crippen MR) is 178 cm³/mol. The molecule has 246 valence electrons. The number of halogens is 1. The zero-order valence-electron chi connectivity index (χ0n) is 26.9. The molecule has 0 aromatic carbocycles. The molecule has 2 atom stereocenters. The van der Waals surface area contributed by atoms with Gasteiger partial charge in [-0.2, -0.15) is 0 Å². The number of hydrogen-bond donors (Lipinski definition) is 1. The number of nitrogens with zero attached hydrogens (tertiary/aromatic N) is 7. The standard InChI is InChI=1S/C34H39ClN8O4/c1-5-21-7-9-22(10-8-21)16-42-29-26(12-27(30-39-33(45)47-40-30)37-28(29)23-11-24(35)14-36-13-23)38-32(42)43-20(3)15-41(17-25(43)6-2)31(44)34(4)18-46-19-34/h2,11-14,20-22,25H,5,7-10,15-19H2,1,3-4H3,(H,39,40,45)/t20-,21?,22?,25-/m1/s1. The van der Waals surface area contributed by atoms with Crippen LogP contribution in [0.15, 0.2) is 33.8 Å². The molecule has 47 heavy (non-hydrogen) atoms. The molecule has 3 aliphatic rings. The Morgan fingerprint density at radius 2 is 1.91 bits per heavy atom. The molecule has 0 unspecified atom stereocenters. The highest BCUT2D eigenvalue weighted by molar-refractivity contribution is 6.30. The summed E-state index contributed by atoms with van der Waals surface area (Å²) in [5.41, 5.74) is 2.66. The SMILES string of the molecule is C#C[C@@H]1CN(C(=O)C2(C)COC2)C[C@@H](C)N1c1nc2cc(-c3noc(=O)[nH]3)nc(-c3cncc(Cl)c3)c2n1CC1CCC(CC)CC1. The van der Waals surface area contributed by atoms with Crippen LogP contribution in [0.2, 0.25) is 5.02 Å². The number of carbonyl (C=O) groups excluding carboxylic acids is 1. The summed E-state index contributed by atoms with van der Waals surface area (Å²) in [5.74, 6) is 4.48. The van der Waals surface area contributed by atoms with Gasteiger partial charge >= 0.3 is 5.76 Å². The molecule has 4 aromatic rings. The van der Waals surface area contributed by atoms with E-state index in [4.69, 9.17) is 37.3 Å². The van der Waals surface area contributed by atoms with E-state index >= 15 is 0 Å². The van der Waals surface area contributed by atoms with Crippen molar-refractivity contribution in [2.45, 2.75) is 71.5 Å². The number of fused-ring (bicyclic) bond motifs is 1. The summed E-state index contributed by atoms with van der Waals surface area (Å²) in [6.45, 7) is 8.77. The number of nitrogens with one attached hydrogen (secondary N) is 1. The van der Waals surface area contributed by atoms with Crippen LogP contribution in [0.4, 0.5) is 5.95 Å². The number of anilines is 1. The average Bonchev–Trinajstić information content (AvgIpc) is 3.66. The van der Waals surface area contributed by atoms with Crippen LogP contribution in [0.1, 0.15) is 52.9 Å². The number of hydrogen-bond acceptors (Lipinski definition) is 9. The first-order chi connectivity index (χ1) is 22.7. The fourth-order valence-electron chi connectivity index (χ4n) is 7.43. The molecule has 1 N–H and O–H groups in total. The summed E-state index contributed by atoms with van der Waals surface area (Å²) in [6, 6.07) is 3.09. The lowest BCUT2D eigenvalue weighted by atomic mass is 9.81. The molecule has 7 rings (SSSR count). The van der Waals surface area contributed by atoms with Gasteiger partial charge in [-0.1, -0.05) is 48.9 Å². The number of amides is 1. The number of rotatable bonds is 7. The van der Waals surface area contributed by atoms with E-state index < -0.39 is 17.2 Å². The molecule has 4 aromatic heterocycles. The minimum Gasteiger partial charge on any atom is -0.379 e. The van der Waals surface area contributed by atoms with Crippen LogP contribution in [-0.2, 0) is 16.1 Å². The van der Waals surface area contributed by atoms with Crippen LogP contribution in [0, 0.1) is 29.6 Å². The maximum atomic E-state index is 13.6. The third kappa shape index (κ3) is 5.80. The van der Waals surface area contributed by atoms with E-state index in [1.807, 2.05) is 24.0 Å². The van der Waals surface area contributed by atoms with E-state index in [0.717, 1.165) is 36.8 Å². The van der Waals surface area contributed by atoms with Crippen LogP contribution >= 0.6 is 11.6 Å². The summed E-state index contributed by atoms with van der Waals surface area (Å²) < 4.78 is 12.5. The Hall–Kier alpha value is -4.21. The van der Waals surface area contributed by atoms with Crippen molar-refractivity contribution in [1.82, 2.24) is 34.6 Å². The first-order valence-corrected chi connectivity index (χ1v) is 16.8. The Kier molecular flexibility index (Phi) is 8.30. The minimum atomic E-state index is -0.679. The first kappa shape index (κ1) is 31.4. The van der Waals surface area contributed by atoms with Crippen molar-refractivity contribution < 1.29 is 14.1 Å². The van der Waals surface area contributed by atoms with Crippen LogP contribution in [-0.4, -0.2) is 78.9 Å². The fourth-order valence-corrected chi connectivity index (χ4v) is 7.61. The molecular formula is C34H39ClN8O4. The van der Waals surface area contributed by atoms with Crippen LogP contribution in [0.25, 0.3) is 33.8 Å². The molecule has 0 radical (unpaired) electrons. The lowest BCUT2D eigenvalue weighted by Gasteiger charge is -2.48. The van der Waals surface area contributed by atoms with E-state index in [1.165, 1.54) is 19.3 Å². The molecule has 2 aliphatic heterocycles. The third-order valence-corrected chi connectivity index (χ3v) is 10.3. The van der Waals surface area contributed by atoms with Gasteiger partial charge in [-0.05, 0) is 50.7 Å². The number of aromatic amines is 1. The maximum Gasteiger partial charge on any atom is 0.439 e. The minimum absolute atomic E-state index is 0.0721. The van der Waals surface area contributed by atoms with Gasteiger partial charge in [0.05, 0.1) is 46.9 Å². The largest absolute Gasteiger partial charge is 0.439 e. The molecule has 2 saturated heterocycles. The van der Waals surface area contributed by atoms with Gasteiger partial charge in [0.15, 0.2) is 0 Å². The van der Waals surface area contributed by atoms with Gasteiger partial charge in [0.1, 0.15) is 11.7 Å². The van der Waals surface area contributed by atoms with Crippen molar-refractivity contribution in [1.29, 1.82) is 0 Å². The van der Waals surface area contributed by atoms with Crippen LogP contribution < -0.4 is 10.7 Å². The highest BCUT2D eigenvalue weighted by Gasteiger charge is 2.46. The van der Waals surface area contributed by atoms with Gasteiger partial charge in [0, 0.05) is 37.1 Å². The molecule has 6 heterocycles. The Balaban J connectivity index is 1.38. The number of piperazine rings is 1.